The molecule has 0 aliphatic heterocycles. The molecular formula is C30H34BrN3O5S. The van der Waals surface area contributed by atoms with Crippen LogP contribution in [-0.2, 0) is 26.2 Å². The van der Waals surface area contributed by atoms with E-state index in [1.807, 2.05) is 12.1 Å². The number of ether oxygens (including phenoxy) is 1. The molecule has 0 spiro atoms. The van der Waals surface area contributed by atoms with Gasteiger partial charge in [-0.25, -0.2) is 8.42 Å². The second kappa shape index (κ2) is 13.3. The van der Waals surface area contributed by atoms with Gasteiger partial charge < -0.3 is 15.0 Å². The Bertz CT molecular complexity index is 1430. The smallest absolute Gasteiger partial charge is 0.264 e. The lowest BCUT2D eigenvalue weighted by Gasteiger charge is -2.32. The van der Waals surface area contributed by atoms with Crippen LogP contribution in [0.3, 0.4) is 0 Å². The lowest BCUT2D eigenvalue weighted by molar-refractivity contribution is -0.139. The first-order valence-electron chi connectivity index (χ1n) is 13.2. The maximum Gasteiger partial charge on any atom is 0.264 e. The summed E-state index contributed by atoms with van der Waals surface area (Å²) in [6.45, 7) is 1.29. The number of carbonyl (C=O) groups is 2. The van der Waals surface area contributed by atoms with Gasteiger partial charge in [0.25, 0.3) is 10.0 Å². The van der Waals surface area contributed by atoms with Gasteiger partial charge in [-0.1, -0.05) is 65.2 Å². The summed E-state index contributed by atoms with van der Waals surface area (Å²) in [5.41, 5.74) is 1.09. The van der Waals surface area contributed by atoms with E-state index in [1.165, 1.54) is 17.0 Å². The van der Waals surface area contributed by atoms with Gasteiger partial charge in [0.2, 0.25) is 11.8 Å². The Morgan fingerprint density at radius 3 is 2.38 bits per heavy atom. The van der Waals surface area contributed by atoms with E-state index < -0.39 is 28.5 Å². The van der Waals surface area contributed by atoms with Crippen molar-refractivity contribution in [3.8, 4) is 5.75 Å². The Morgan fingerprint density at radius 2 is 1.70 bits per heavy atom. The summed E-state index contributed by atoms with van der Waals surface area (Å²) in [5, 5.41) is 3.08. The van der Waals surface area contributed by atoms with Crippen LogP contribution in [-0.4, -0.2) is 50.9 Å². The third kappa shape index (κ3) is 7.22. The van der Waals surface area contributed by atoms with Crippen LogP contribution >= 0.6 is 15.9 Å². The lowest BCUT2D eigenvalue weighted by atomic mass is 10.1. The zero-order chi connectivity index (χ0) is 28.7. The predicted octanol–water partition coefficient (Wildman–Crippen LogP) is 5.13. The number of carbonyl (C=O) groups excluding carboxylic acids is 2. The number of sulfonamides is 1. The number of hydrogen-bond acceptors (Lipinski definition) is 5. The van der Waals surface area contributed by atoms with Crippen LogP contribution in [0.2, 0.25) is 0 Å². The van der Waals surface area contributed by atoms with E-state index >= 15 is 0 Å². The molecule has 8 nitrogen and oxygen atoms in total. The quantitative estimate of drug-likeness (QED) is 0.318. The minimum Gasteiger partial charge on any atom is -0.497 e. The van der Waals surface area contributed by atoms with Crippen LogP contribution in [0.1, 0.15) is 38.2 Å². The van der Waals surface area contributed by atoms with Crippen molar-refractivity contribution in [1.29, 1.82) is 0 Å². The Balaban J connectivity index is 1.68. The van der Waals surface area contributed by atoms with Crippen LogP contribution in [0.4, 0.5) is 5.69 Å². The van der Waals surface area contributed by atoms with Crippen molar-refractivity contribution in [2.24, 2.45) is 0 Å². The molecule has 0 saturated heterocycles. The molecule has 3 aromatic rings. The van der Waals surface area contributed by atoms with E-state index in [4.69, 9.17) is 4.74 Å². The van der Waals surface area contributed by atoms with Crippen molar-refractivity contribution in [3.05, 3.63) is 88.9 Å². The second-order valence-corrected chi connectivity index (χ2v) is 12.6. The fraction of sp³-hybridized carbons (Fsp3) is 0.333. The van der Waals surface area contributed by atoms with Crippen molar-refractivity contribution in [2.75, 3.05) is 18.0 Å². The maximum atomic E-state index is 14.0. The minimum atomic E-state index is -4.10. The molecular weight excluding hydrogens is 594 g/mol. The lowest BCUT2D eigenvalue weighted by Crippen LogP contribution is -2.52. The van der Waals surface area contributed by atoms with Gasteiger partial charge in [0.05, 0.1) is 17.7 Å². The molecule has 2 amide bonds. The zero-order valence-electron chi connectivity index (χ0n) is 22.6. The third-order valence-electron chi connectivity index (χ3n) is 7.06. The highest BCUT2D eigenvalue weighted by Crippen LogP contribution is 2.27. The normalized spacial score (nSPS) is 14.4. The second-order valence-electron chi connectivity index (χ2n) is 9.84. The number of nitrogens with one attached hydrogen (secondary N) is 1. The van der Waals surface area contributed by atoms with Crippen LogP contribution in [0.25, 0.3) is 0 Å². The molecule has 212 valence electrons. The molecule has 0 bridgehead atoms. The number of nitrogens with zero attached hydrogens (tertiary/aromatic N) is 2. The molecule has 3 aromatic carbocycles. The van der Waals surface area contributed by atoms with Gasteiger partial charge in [-0.15, -0.1) is 0 Å². The molecule has 10 heteroatoms. The molecule has 0 unspecified atom stereocenters. The first-order valence-corrected chi connectivity index (χ1v) is 15.5. The highest BCUT2D eigenvalue weighted by Gasteiger charge is 2.33. The Labute approximate surface area is 244 Å². The average molecular weight is 629 g/mol. The molecule has 1 aliphatic carbocycles. The van der Waals surface area contributed by atoms with Gasteiger partial charge in [-0.05, 0) is 67.8 Å². The molecule has 1 aliphatic rings. The van der Waals surface area contributed by atoms with E-state index in [0.717, 1.165) is 35.6 Å². The molecule has 0 radical (unpaired) electrons. The minimum absolute atomic E-state index is 0.0640. The Hall–Kier alpha value is -3.37. The van der Waals surface area contributed by atoms with E-state index in [0.29, 0.717) is 15.9 Å². The van der Waals surface area contributed by atoms with Gasteiger partial charge in [0.1, 0.15) is 18.3 Å². The Morgan fingerprint density at radius 1 is 1.00 bits per heavy atom. The molecule has 1 fully saturated rings. The molecule has 40 heavy (non-hydrogen) atoms. The largest absolute Gasteiger partial charge is 0.497 e. The topological polar surface area (TPSA) is 96.0 Å². The fourth-order valence-corrected chi connectivity index (χ4v) is 6.64. The van der Waals surface area contributed by atoms with Gasteiger partial charge in [0, 0.05) is 17.1 Å². The van der Waals surface area contributed by atoms with Crippen molar-refractivity contribution < 1.29 is 22.7 Å². The summed E-state index contributed by atoms with van der Waals surface area (Å²) < 4.78 is 34.8. The van der Waals surface area contributed by atoms with Gasteiger partial charge in [-0.2, -0.15) is 0 Å². The standard InChI is InChI=1S/C30H34BrN3O5S/c1-22(30(36)32-25-12-6-7-13-25)33(20-23-10-8-15-27(18-23)39-2)29(35)21-34(26-14-9-11-24(31)19-26)40(37,38)28-16-4-3-5-17-28/h3-5,8-11,14-19,22,25H,6-7,12-13,20-21H2,1-2H3,(H,32,36)/t22-/m1/s1. The third-order valence-corrected chi connectivity index (χ3v) is 9.34. The zero-order valence-corrected chi connectivity index (χ0v) is 25.0. The summed E-state index contributed by atoms with van der Waals surface area (Å²) in [4.78, 5) is 28.8. The number of methoxy groups -OCH3 is 1. The number of rotatable bonds is 11. The van der Waals surface area contributed by atoms with E-state index in [1.54, 1.807) is 68.6 Å². The first-order chi connectivity index (χ1) is 19.2. The highest BCUT2D eigenvalue weighted by atomic mass is 79.9. The molecule has 1 N–H and O–H groups in total. The van der Waals surface area contributed by atoms with Crippen molar-refractivity contribution in [1.82, 2.24) is 10.2 Å². The summed E-state index contributed by atoms with van der Waals surface area (Å²) in [6.07, 6.45) is 3.94. The number of hydrogen-bond donors (Lipinski definition) is 1. The maximum absolute atomic E-state index is 14.0. The van der Waals surface area contributed by atoms with Crippen molar-refractivity contribution in [3.63, 3.8) is 0 Å². The number of benzene rings is 3. The molecule has 1 saturated carbocycles. The summed E-state index contributed by atoms with van der Waals surface area (Å²) >= 11 is 3.41. The number of anilines is 1. The first kappa shape index (κ1) is 29.6. The van der Waals surface area contributed by atoms with Crippen LogP contribution in [0, 0.1) is 0 Å². The molecule has 0 aromatic heterocycles. The fourth-order valence-electron chi connectivity index (χ4n) is 4.82. The molecule has 1 atom stereocenters. The van der Waals surface area contributed by atoms with E-state index in [-0.39, 0.29) is 23.4 Å². The van der Waals surface area contributed by atoms with Crippen LogP contribution in [0.5, 0.6) is 5.75 Å². The van der Waals surface area contributed by atoms with E-state index in [9.17, 15) is 18.0 Å². The monoisotopic (exact) mass is 627 g/mol. The summed E-state index contributed by atoms with van der Waals surface area (Å²) in [6, 6.07) is 21.3. The number of halogens is 1. The van der Waals surface area contributed by atoms with Crippen LogP contribution in [0.15, 0.2) is 88.2 Å². The summed E-state index contributed by atoms with van der Waals surface area (Å²) in [5.74, 6) is -0.144. The van der Waals surface area contributed by atoms with E-state index in [2.05, 4.69) is 21.2 Å². The van der Waals surface area contributed by atoms with Crippen molar-refractivity contribution in [2.45, 2.75) is 56.1 Å². The Kier molecular flexibility index (Phi) is 9.86. The SMILES string of the molecule is COc1cccc(CN(C(=O)CN(c2cccc(Br)c2)S(=O)(=O)c2ccccc2)[C@H](C)C(=O)NC2CCCC2)c1. The van der Waals surface area contributed by atoms with Crippen molar-refractivity contribution >= 4 is 43.5 Å². The predicted molar refractivity (Wildman–Crippen MR) is 159 cm³/mol. The van der Waals surface area contributed by atoms with Gasteiger partial charge >= 0.3 is 0 Å². The van der Waals surface area contributed by atoms with Crippen LogP contribution < -0.4 is 14.4 Å². The number of amides is 2. The average Bonchev–Trinajstić information content (AvgIpc) is 3.47. The summed E-state index contributed by atoms with van der Waals surface area (Å²) in [7, 11) is -2.54. The van der Waals surface area contributed by atoms with Gasteiger partial charge in [-0.3, -0.25) is 13.9 Å². The van der Waals surface area contributed by atoms with Gasteiger partial charge in [0.15, 0.2) is 0 Å². The molecule has 4 rings (SSSR count). The molecule has 0 heterocycles. The highest BCUT2D eigenvalue weighted by molar-refractivity contribution is 9.10.